The van der Waals surface area contributed by atoms with E-state index >= 15 is 0 Å². The van der Waals surface area contributed by atoms with Crippen LogP contribution in [0.25, 0.3) is 67.2 Å². The van der Waals surface area contributed by atoms with Crippen LogP contribution in [0.3, 0.4) is 0 Å². The predicted molar refractivity (Wildman–Crippen MR) is 221 cm³/mol. The van der Waals surface area contributed by atoms with Gasteiger partial charge in [-0.25, -0.2) is 15.0 Å². The van der Waals surface area contributed by atoms with Gasteiger partial charge in [0.05, 0.1) is 5.41 Å². The van der Waals surface area contributed by atoms with Crippen LogP contribution in [0, 0.1) is 0 Å². The summed E-state index contributed by atoms with van der Waals surface area (Å²) >= 11 is 1.86. The van der Waals surface area contributed by atoms with Gasteiger partial charge in [-0.3, -0.25) is 0 Å². The Hall–Kier alpha value is -6.62. The molecule has 0 saturated carbocycles. The van der Waals surface area contributed by atoms with E-state index in [1.165, 1.54) is 59.5 Å². The lowest BCUT2D eigenvalue weighted by Gasteiger charge is -2.40. The van der Waals surface area contributed by atoms with E-state index in [1.807, 2.05) is 36.0 Å². The molecule has 11 rings (SSSR count). The lowest BCUT2D eigenvalue weighted by Crippen LogP contribution is -2.32. The molecule has 1 aliphatic heterocycles. The molecule has 54 heavy (non-hydrogen) atoms. The zero-order chi connectivity index (χ0) is 35.6. The van der Waals surface area contributed by atoms with E-state index in [1.54, 1.807) is 0 Å². The first-order valence-corrected chi connectivity index (χ1v) is 19.1. The first-order valence-electron chi connectivity index (χ1n) is 18.3. The largest absolute Gasteiger partial charge is 0.208 e. The number of hydrogen-bond acceptors (Lipinski definition) is 4. The van der Waals surface area contributed by atoms with Gasteiger partial charge in [0, 0.05) is 26.5 Å². The van der Waals surface area contributed by atoms with Crippen molar-refractivity contribution in [2.24, 2.45) is 0 Å². The molecule has 8 aromatic carbocycles. The third-order valence-corrected chi connectivity index (χ3v) is 12.1. The molecule has 252 valence electrons. The summed E-state index contributed by atoms with van der Waals surface area (Å²) in [5.41, 5.74) is 12.4. The van der Waals surface area contributed by atoms with Crippen molar-refractivity contribution in [2.75, 3.05) is 0 Å². The molecule has 1 aliphatic carbocycles. The van der Waals surface area contributed by atoms with Gasteiger partial charge in [0.25, 0.3) is 0 Å². The summed E-state index contributed by atoms with van der Waals surface area (Å²) in [4.78, 5) is 18.0. The van der Waals surface area contributed by atoms with E-state index < -0.39 is 5.41 Å². The predicted octanol–water partition coefficient (Wildman–Crippen LogP) is 12.5. The van der Waals surface area contributed by atoms with Crippen molar-refractivity contribution in [1.29, 1.82) is 0 Å². The molecule has 0 saturated heterocycles. The molecule has 0 unspecified atom stereocenters. The molecule has 4 heteroatoms. The minimum atomic E-state index is -0.519. The summed E-state index contributed by atoms with van der Waals surface area (Å²) in [6.07, 6.45) is 0. The van der Waals surface area contributed by atoms with Gasteiger partial charge in [0.1, 0.15) is 0 Å². The smallest absolute Gasteiger partial charge is 0.164 e. The molecule has 1 aromatic heterocycles. The second-order valence-electron chi connectivity index (χ2n) is 14.0. The number of benzene rings is 8. The first-order chi connectivity index (χ1) is 26.7. The lowest BCUT2D eigenvalue weighted by molar-refractivity contribution is 0.724. The Morgan fingerprint density at radius 3 is 1.41 bits per heavy atom. The number of hydrogen-bond donors (Lipinski definition) is 0. The van der Waals surface area contributed by atoms with E-state index in [4.69, 9.17) is 15.0 Å². The van der Waals surface area contributed by atoms with Gasteiger partial charge in [-0.2, -0.15) is 0 Å². The van der Waals surface area contributed by atoms with Gasteiger partial charge >= 0.3 is 0 Å². The zero-order valence-corrected chi connectivity index (χ0v) is 30.0. The van der Waals surface area contributed by atoms with Crippen LogP contribution < -0.4 is 0 Å². The van der Waals surface area contributed by atoms with Gasteiger partial charge in [0.2, 0.25) is 0 Å². The van der Waals surface area contributed by atoms with Crippen LogP contribution >= 0.6 is 11.8 Å². The number of rotatable bonds is 4. The van der Waals surface area contributed by atoms with Crippen molar-refractivity contribution in [2.45, 2.75) is 15.2 Å². The van der Waals surface area contributed by atoms with Gasteiger partial charge < -0.3 is 0 Å². The Labute approximate surface area is 318 Å². The van der Waals surface area contributed by atoms with Crippen molar-refractivity contribution in [1.82, 2.24) is 15.0 Å². The molecule has 1 spiro atoms. The molecular weight excluding hydrogens is 675 g/mol. The van der Waals surface area contributed by atoms with E-state index in [2.05, 4.69) is 164 Å². The fraction of sp³-hybridized carbons (Fsp3) is 0.0200. The van der Waals surface area contributed by atoms with Crippen LogP contribution in [0.5, 0.6) is 0 Å². The fourth-order valence-electron chi connectivity index (χ4n) is 8.52. The average molecular weight is 706 g/mol. The highest BCUT2D eigenvalue weighted by Crippen LogP contribution is 2.62. The summed E-state index contributed by atoms with van der Waals surface area (Å²) < 4.78 is 0. The van der Waals surface area contributed by atoms with Crippen molar-refractivity contribution in [3.05, 3.63) is 210 Å². The zero-order valence-electron chi connectivity index (χ0n) is 29.1. The summed E-state index contributed by atoms with van der Waals surface area (Å²) in [5, 5.41) is 2.49. The van der Waals surface area contributed by atoms with Crippen molar-refractivity contribution in [3.63, 3.8) is 0 Å². The quantitative estimate of drug-likeness (QED) is 0.183. The normalized spacial score (nSPS) is 13.3. The second-order valence-corrected chi connectivity index (χ2v) is 15.0. The second kappa shape index (κ2) is 12.2. The monoisotopic (exact) mass is 705 g/mol. The van der Waals surface area contributed by atoms with Crippen LogP contribution in [0.15, 0.2) is 198 Å². The Morgan fingerprint density at radius 2 is 0.759 bits per heavy atom. The topological polar surface area (TPSA) is 38.7 Å². The average Bonchev–Trinajstić information content (AvgIpc) is 3.54. The van der Waals surface area contributed by atoms with E-state index in [-0.39, 0.29) is 0 Å². The molecule has 0 bridgehead atoms. The molecule has 3 nitrogen and oxygen atoms in total. The Kier molecular flexibility index (Phi) is 7.01. The third kappa shape index (κ3) is 4.74. The molecule has 0 radical (unpaired) electrons. The van der Waals surface area contributed by atoms with Crippen LogP contribution in [0.2, 0.25) is 0 Å². The molecule has 2 heterocycles. The maximum Gasteiger partial charge on any atom is 0.164 e. The Morgan fingerprint density at radius 1 is 0.315 bits per heavy atom. The number of nitrogens with zero attached hydrogens (tertiary/aromatic N) is 3. The van der Waals surface area contributed by atoms with Crippen LogP contribution in [0.4, 0.5) is 0 Å². The Bertz CT molecular complexity index is 2860. The highest BCUT2D eigenvalue weighted by molar-refractivity contribution is 7.99. The molecule has 2 aliphatic rings. The molecule has 0 fully saturated rings. The summed E-state index contributed by atoms with van der Waals surface area (Å²) in [6, 6.07) is 67.4. The maximum absolute atomic E-state index is 5.21. The summed E-state index contributed by atoms with van der Waals surface area (Å²) in [5.74, 6) is 1.95. The molecule has 0 amide bonds. The summed E-state index contributed by atoms with van der Waals surface area (Å²) in [6.45, 7) is 0. The Balaban J connectivity index is 1.14. The van der Waals surface area contributed by atoms with Crippen molar-refractivity contribution < 1.29 is 0 Å². The van der Waals surface area contributed by atoms with E-state index in [0.29, 0.717) is 17.5 Å². The van der Waals surface area contributed by atoms with Crippen LogP contribution in [0.1, 0.15) is 22.3 Å². The lowest BCUT2D eigenvalue weighted by atomic mass is 9.67. The van der Waals surface area contributed by atoms with Gasteiger partial charge in [-0.15, -0.1) is 0 Å². The molecular formula is C50H31N3S. The number of fused-ring (bicyclic) bond motifs is 10. The van der Waals surface area contributed by atoms with Gasteiger partial charge in [-0.1, -0.05) is 176 Å². The first kappa shape index (κ1) is 31.0. The maximum atomic E-state index is 5.21. The van der Waals surface area contributed by atoms with Crippen molar-refractivity contribution in [3.8, 4) is 56.4 Å². The molecule has 0 atom stereocenters. The van der Waals surface area contributed by atoms with Gasteiger partial charge in [0.15, 0.2) is 17.5 Å². The highest BCUT2D eigenvalue weighted by Gasteiger charge is 2.50. The SMILES string of the molecule is c1ccc(-c2ccc(-c3nc(-c4ccccc4)nc(-c4ccc5c(c4)C4(c6cc7ccccc7cc6S5)c5ccccc5-c5ccccc54)n3)cc2)cc1. The van der Waals surface area contributed by atoms with Crippen LogP contribution in [-0.4, -0.2) is 15.0 Å². The standard InChI is InChI=1S/C50H31N3S/c1-3-13-32(14-4-1)33-23-25-35(26-24-33)48-51-47(34-15-5-2-6-16-34)52-49(53-48)38-27-28-45-43(30-38)50(44-29-36-17-7-8-18-37(36)31-46(44)54-45)41-21-11-9-19-39(41)40-20-10-12-22-42(40)50/h1-31H. The highest BCUT2D eigenvalue weighted by atomic mass is 32.2. The van der Waals surface area contributed by atoms with Gasteiger partial charge in [-0.05, 0) is 79.5 Å². The van der Waals surface area contributed by atoms with E-state index in [0.717, 1.165) is 22.3 Å². The molecule has 9 aromatic rings. The van der Waals surface area contributed by atoms with Crippen molar-refractivity contribution >= 4 is 22.5 Å². The summed E-state index contributed by atoms with van der Waals surface area (Å²) in [7, 11) is 0. The minimum Gasteiger partial charge on any atom is -0.208 e. The van der Waals surface area contributed by atoms with Crippen LogP contribution in [-0.2, 0) is 5.41 Å². The third-order valence-electron chi connectivity index (χ3n) is 11.0. The minimum absolute atomic E-state index is 0.519. The van der Waals surface area contributed by atoms with E-state index in [9.17, 15) is 0 Å². The number of aromatic nitrogens is 3. The fourth-order valence-corrected chi connectivity index (χ4v) is 9.72. The molecule has 0 N–H and O–H groups in total.